The molecule has 0 aromatic heterocycles. The number of primary amides is 1. The van der Waals surface area contributed by atoms with Crippen LogP contribution >= 0.6 is 0 Å². The predicted molar refractivity (Wildman–Crippen MR) is 155 cm³/mol. The summed E-state index contributed by atoms with van der Waals surface area (Å²) in [6, 6.07) is 9.27. The average molecular weight is 670 g/mol. The van der Waals surface area contributed by atoms with E-state index in [0.29, 0.717) is 6.42 Å². The molecule has 2 saturated heterocycles. The lowest BCUT2D eigenvalue weighted by Crippen LogP contribution is -2.78. The zero-order chi connectivity index (χ0) is 35.2. The lowest BCUT2D eigenvalue weighted by molar-refractivity contribution is -0.377. The first kappa shape index (κ1) is 37.3. The summed E-state index contributed by atoms with van der Waals surface area (Å²) >= 11 is 0. The predicted octanol–water partition coefficient (Wildman–Crippen LogP) is 0.452. The number of rotatable bonds is 18. The van der Waals surface area contributed by atoms with Crippen molar-refractivity contribution in [3.8, 4) is 0 Å². The molecule has 8 atom stereocenters. The summed E-state index contributed by atoms with van der Waals surface area (Å²) in [5, 5.41) is 41.9. The van der Waals surface area contributed by atoms with Crippen LogP contribution in [0.1, 0.15) is 32.3 Å². The lowest BCUT2D eigenvalue weighted by Gasteiger charge is -2.48. The molecule has 17 heteroatoms. The van der Waals surface area contributed by atoms with E-state index < -0.39 is 84.6 Å². The van der Waals surface area contributed by atoms with Crippen molar-refractivity contribution in [2.45, 2.75) is 74.5 Å². The molecule has 2 bridgehead atoms. The highest BCUT2D eigenvalue weighted by Gasteiger charge is 2.86. The second-order valence-electron chi connectivity index (χ2n) is 11.2. The molecular weight excluding hydrogens is 630 g/mol. The van der Waals surface area contributed by atoms with Crippen molar-refractivity contribution in [3.05, 3.63) is 48.0 Å². The van der Waals surface area contributed by atoms with Crippen LogP contribution in [-0.4, -0.2) is 119 Å². The van der Waals surface area contributed by atoms with Gasteiger partial charge in [-0.1, -0.05) is 43.8 Å². The maximum atomic E-state index is 12.9. The number of hydrogen-bond acceptors (Lipinski definition) is 13. The smallest absolute Gasteiger partial charge is 0.404 e. The van der Waals surface area contributed by atoms with Gasteiger partial charge in [-0.3, -0.25) is 4.79 Å². The molecule has 2 heterocycles. The fourth-order valence-electron chi connectivity index (χ4n) is 5.94. The van der Waals surface area contributed by atoms with Crippen molar-refractivity contribution < 1.29 is 77.6 Å². The van der Waals surface area contributed by atoms with Crippen LogP contribution in [0.25, 0.3) is 0 Å². The molecule has 1 amide bonds. The number of carboxylic acids is 3. The minimum Gasteiger partial charge on any atom is -0.479 e. The minimum absolute atomic E-state index is 0.0413. The molecular formula is C30H39NO16. The van der Waals surface area contributed by atoms with E-state index in [1.165, 1.54) is 14.0 Å². The zero-order valence-corrected chi connectivity index (χ0v) is 26.0. The first-order chi connectivity index (χ1) is 22.1. The minimum atomic E-state index is -3.90. The highest BCUT2D eigenvalue weighted by atomic mass is 16.8. The van der Waals surface area contributed by atoms with E-state index in [4.69, 9.17) is 38.9 Å². The van der Waals surface area contributed by atoms with E-state index in [9.17, 15) is 44.4 Å². The highest BCUT2D eigenvalue weighted by molar-refractivity contribution is 5.98. The quantitative estimate of drug-likeness (QED) is 0.0615. The van der Waals surface area contributed by atoms with Crippen molar-refractivity contribution in [3.63, 3.8) is 0 Å². The number of aliphatic hydroxyl groups is 1. The van der Waals surface area contributed by atoms with Gasteiger partial charge in [0.2, 0.25) is 17.5 Å². The number of carbonyl (C=O) groups is 5. The SMILES string of the molecule is C=C(CCC12OC(C(=O)O)C(O)(C(=O)O)C(C(=O)O)(O1)C(OC(N)=O)C2OCOCCOC)C(OC(C)=O)C(C)Cc1ccccc1. The number of carboxylic acid groups (broad SMARTS) is 3. The third-order valence-corrected chi connectivity index (χ3v) is 7.99. The van der Waals surface area contributed by atoms with Crippen LogP contribution in [-0.2, 0) is 58.8 Å². The number of hydrogen-bond donors (Lipinski definition) is 5. The normalized spacial score (nSPS) is 29.3. The summed E-state index contributed by atoms with van der Waals surface area (Å²) < 4.78 is 37.9. The number of nitrogens with two attached hydrogens (primary N) is 1. The number of methoxy groups -OCH3 is 1. The second kappa shape index (κ2) is 15.2. The van der Waals surface area contributed by atoms with E-state index >= 15 is 0 Å². The Kier molecular flexibility index (Phi) is 12.1. The second-order valence-corrected chi connectivity index (χ2v) is 11.2. The number of carbonyl (C=O) groups excluding carboxylic acids is 2. The molecule has 0 aliphatic carbocycles. The Morgan fingerprint density at radius 1 is 1.04 bits per heavy atom. The summed E-state index contributed by atoms with van der Waals surface area (Å²) in [4.78, 5) is 62.0. The molecule has 260 valence electrons. The Hall–Kier alpha value is -4.13. The van der Waals surface area contributed by atoms with Gasteiger partial charge in [-0.15, -0.1) is 0 Å². The summed E-state index contributed by atoms with van der Waals surface area (Å²) in [6.07, 6.45) is -10.0. The van der Waals surface area contributed by atoms with Gasteiger partial charge < -0.3 is 59.3 Å². The molecule has 2 aliphatic heterocycles. The van der Waals surface area contributed by atoms with Crippen molar-refractivity contribution in [1.29, 1.82) is 0 Å². The number of ether oxygens (including phenoxy) is 7. The Labute approximate surface area is 269 Å². The van der Waals surface area contributed by atoms with Gasteiger partial charge in [-0.2, -0.15) is 0 Å². The topological polar surface area (TPSA) is 257 Å². The maximum Gasteiger partial charge on any atom is 0.404 e. The first-order valence-corrected chi connectivity index (χ1v) is 14.4. The van der Waals surface area contributed by atoms with Crippen molar-refractivity contribution >= 4 is 30.0 Å². The molecule has 6 N–H and O–H groups in total. The first-order valence-electron chi connectivity index (χ1n) is 14.4. The molecule has 0 saturated carbocycles. The number of fused-ring (bicyclic) bond motifs is 2. The molecule has 47 heavy (non-hydrogen) atoms. The van der Waals surface area contributed by atoms with Crippen molar-refractivity contribution in [1.82, 2.24) is 0 Å². The summed E-state index contributed by atoms with van der Waals surface area (Å²) in [5.74, 6) is -10.2. The Morgan fingerprint density at radius 2 is 1.70 bits per heavy atom. The van der Waals surface area contributed by atoms with Gasteiger partial charge >= 0.3 is 30.0 Å². The fraction of sp³-hybridized carbons (Fsp3) is 0.567. The van der Waals surface area contributed by atoms with Gasteiger partial charge in [0, 0.05) is 26.4 Å². The fourth-order valence-corrected chi connectivity index (χ4v) is 5.94. The monoisotopic (exact) mass is 669 g/mol. The molecule has 17 nitrogen and oxygen atoms in total. The Morgan fingerprint density at radius 3 is 2.23 bits per heavy atom. The molecule has 0 spiro atoms. The molecule has 1 aromatic carbocycles. The number of aliphatic carboxylic acids is 3. The van der Waals surface area contributed by atoms with Crippen LogP contribution in [0.2, 0.25) is 0 Å². The van der Waals surface area contributed by atoms with Gasteiger partial charge in [0.25, 0.3) is 5.60 Å². The van der Waals surface area contributed by atoms with Gasteiger partial charge in [-0.05, 0) is 24.0 Å². The zero-order valence-electron chi connectivity index (χ0n) is 26.0. The average Bonchev–Trinajstić information content (AvgIpc) is 3.23. The summed E-state index contributed by atoms with van der Waals surface area (Å²) in [7, 11) is 1.39. The number of benzene rings is 1. The van der Waals surface area contributed by atoms with Gasteiger partial charge in [0.05, 0.1) is 13.2 Å². The third-order valence-electron chi connectivity index (χ3n) is 7.99. The third kappa shape index (κ3) is 7.39. The Balaban J connectivity index is 2.09. The van der Waals surface area contributed by atoms with E-state index in [1.54, 1.807) is 6.92 Å². The van der Waals surface area contributed by atoms with E-state index in [0.717, 1.165) is 5.56 Å². The van der Waals surface area contributed by atoms with Crippen LogP contribution in [0.5, 0.6) is 0 Å². The molecule has 2 fully saturated rings. The van der Waals surface area contributed by atoms with E-state index in [-0.39, 0.29) is 31.1 Å². The van der Waals surface area contributed by atoms with Crippen molar-refractivity contribution in [2.75, 3.05) is 27.1 Å². The number of amides is 1. The molecule has 1 aromatic rings. The van der Waals surface area contributed by atoms with Crippen LogP contribution < -0.4 is 5.73 Å². The van der Waals surface area contributed by atoms with E-state index in [1.807, 2.05) is 30.3 Å². The molecule has 3 rings (SSSR count). The highest BCUT2D eigenvalue weighted by Crippen LogP contribution is 2.56. The van der Waals surface area contributed by atoms with Crippen LogP contribution in [0, 0.1) is 5.92 Å². The van der Waals surface area contributed by atoms with Gasteiger partial charge in [0.1, 0.15) is 12.9 Å². The van der Waals surface area contributed by atoms with Gasteiger partial charge in [-0.25, -0.2) is 19.2 Å². The van der Waals surface area contributed by atoms with Crippen LogP contribution in [0.3, 0.4) is 0 Å². The molecule has 2 aliphatic rings. The van der Waals surface area contributed by atoms with Gasteiger partial charge in [0.15, 0.2) is 12.2 Å². The molecule has 8 unspecified atom stereocenters. The summed E-state index contributed by atoms with van der Waals surface area (Å²) in [5.41, 5.74) is -1.04. The Bertz CT molecular complexity index is 1340. The largest absolute Gasteiger partial charge is 0.479 e. The standard InChI is InChI=1S/C30H39NO16/c1-16(20(44-18(3)32)17(2)14-19-8-6-5-7-9-19)10-11-28-21(43-15-42-13-12-41-4)22(45-27(31)39)30(47-28,26(37)38)29(40,25(35)36)23(46-28)24(33)34/h5-9,17,20-23,40H,1,10-15H2,2-4H3,(H2,31,39)(H,33,34)(H,35,36)(H,37,38). The summed E-state index contributed by atoms with van der Waals surface area (Å²) in [6.45, 7) is 6.42. The number of esters is 1. The maximum absolute atomic E-state index is 12.9. The van der Waals surface area contributed by atoms with Crippen LogP contribution in [0.4, 0.5) is 4.79 Å². The molecule has 0 radical (unpaired) electrons. The van der Waals surface area contributed by atoms with E-state index in [2.05, 4.69) is 6.58 Å². The van der Waals surface area contributed by atoms with Crippen LogP contribution in [0.15, 0.2) is 42.5 Å². The van der Waals surface area contributed by atoms with Crippen molar-refractivity contribution in [2.24, 2.45) is 11.7 Å². The lowest BCUT2D eigenvalue weighted by atomic mass is 9.74.